The maximum absolute atomic E-state index is 5.38. The Bertz CT molecular complexity index is 629. The van der Waals surface area contributed by atoms with Crippen LogP contribution in [-0.2, 0) is 6.42 Å². The Morgan fingerprint density at radius 2 is 1.93 bits per heavy atom. The zero-order valence-corrected chi connectivity index (χ0v) is 17.0. The lowest BCUT2D eigenvalue weighted by Gasteiger charge is -2.24. The van der Waals surface area contributed by atoms with E-state index >= 15 is 0 Å². The molecule has 1 atom stereocenters. The third-order valence-corrected chi connectivity index (χ3v) is 5.78. The molecular weight excluding hydrogens is 340 g/mol. The monoisotopic (exact) mass is 374 g/mol. The molecule has 6 heteroatoms. The number of rotatable bonds is 7. The molecule has 1 saturated heterocycles. The molecule has 1 aliphatic heterocycles. The quantitative estimate of drug-likeness (QED) is 0.567. The third kappa shape index (κ3) is 5.28. The van der Waals surface area contributed by atoms with E-state index in [4.69, 9.17) is 9.47 Å². The first-order valence-electron chi connectivity index (χ1n) is 10.2. The van der Waals surface area contributed by atoms with Crippen LogP contribution in [0.25, 0.3) is 0 Å². The van der Waals surface area contributed by atoms with E-state index in [-0.39, 0.29) is 0 Å². The summed E-state index contributed by atoms with van der Waals surface area (Å²) in [6.07, 6.45) is 7.67. The third-order valence-electron chi connectivity index (χ3n) is 5.78. The average molecular weight is 375 g/mol. The molecule has 1 saturated carbocycles. The van der Waals surface area contributed by atoms with E-state index in [9.17, 15) is 0 Å². The Hall–Kier alpha value is -1.95. The molecule has 0 amide bonds. The summed E-state index contributed by atoms with van der Waals surface area (Å²) in [4.78, 5) is 7.07. The summed E-state index contributed by atoms with van der Waals surface area (Å²) in [6, 6.07) is 7.38. The van der Waals surface area contributed by atoms with Gasteiger partial charge >= 0.3 is 0 Å². The van der Waals surface area contributed by atoms with Gasteiger partial charge in [0.25, 0.3) is 0 Å². The van der Waals surface area contributed by atoms with E-state index < -0.39 is 0 Å². The van der Waals surface area contributed by atoms with Crippen LogP contribution in [0.5, 0.6) is 11.5 Å². The lowest BCUT2D eigenvalue weighted by atomic mass is 10.1. The van der Waals surface area contributed by atoms with Crippen LogP contribution >= 0.6 is 0 Å². The lowest BCUT2D eigenvalue weighted by Crippen LogP contribution is -2.45. The Morgan fingerprint density at radius 1 is 1.15 bits per heavy atom. The maximum atomic E-state index is 5.38. The second-order valence-corrected chi connectivity index (χ2v) is 7.50. The number of hydrogen-bond acceptors (Lipinski definition) is 4. The Morgan fingerprint density at radius 3 is 2.63 bits per heavy atom. The first-order valence-corrected chi connectivity index (χ1v) is 10.2. The van der Waals surface area contributed by atoms with Crippen molar-refractivity contribution in [1.82, 2.24) is 15.5 Å². The van der Waals surface area contributed by atoms with E-state index in [0.717, 1.165) is 43.0 Å². The van der Waals surface area contributed by atoms with Crippen molar-refractivity contribution in [2.24, 2.45) is 4.99 Å². The molecule has 1 aliphatic carbocycles. The number of likely N-dealkylation sites (tertiary alicyclic amines) is 1. The van der Waals surface area contributed by atoms with Crippen LogP contribution in [-0.4, -0.2) is 63.8 Å². The van der Waals surface area contributed by atoms with Crippen LogP contribution in [0.1, 0.15) is 37.7 Å². The number of nitrogens with zero attached hydrogens (tertiary/aromatic N) is 2. The van der Waals surface area contributed by atoms with E-state index in [1.54, 1.807) is 14.2 Å². The topological polar surface area (TPSA) is 58.1 Å². The molecule has 6 nitrogen and oxygen atoms in total. The smallest absolute Gasteiger partial charge is 0.191 e. The minimum absolute atomic E-state index is 0.498. The molecule has 2 fully saturated rings. The molecule has 0 bridgehead atoms. The Balaban J connectivity index is 1.43. The number of nitrogens with one attached hydrogen (secondary N) is 2. The van der Waals surface area contributed by atoms with Crippen molar-refractivity contribution < 1.29 is 9.47 Å². The van der Waals surface area contributed by atoms with E-state index in [1.807, 2.05) is 19.2 Å². The summed E-state index contributed by atoms with van der Waals surface area (Å²) in [5, 5.41) is 7.04. The minimum atomic E-state index is 0.498. The lowest BCUT2D eigenvalue weighted by molar-refractivity contribution is 0.242. The van der Waals surface area contributed by atoms with Crippen LogP contribution in [0.2, 0.25) is 0 Å². The standard InChI is InChI=1S/C21H34N4O2/c1-22-21(24-17-11-13-25(15-17)18-6-4-5-7-18)23-12-10-16-8-9-19(26-2)20(14-16)27-3/h8-9,14,17-18H,4-7,10-13,15H2,1-3H3,(H2,22,23,24). The van der Waals surface area contributed by atoms with Gasteiger partial charge in [0.1, 0.15) is 0 Å². The summed E-state index contributed by atoms with van der Waals surface area (Å²) >= 11 is 0. The predicted molar refractivity (Wildman–Crippen MR) is 110 cm³/mol. The average Bonchev–Trinajstić information content (AvgIpc) is 3.38. The molecule has 3 rings (SSSR count). The van der Waals surface area contributed by atoms with Gasteiger partial charge in [-0.3, -0.25) is 9.89 Å². The van der Waals surface area contributed by atoms with Gasteiger partial charge in [-0.15, -0.1) is 0 Å². The highest BCUT2D eigenvalue weighted by molar-refractivity contribution is 5.80. The summed E-state index contributed by atoms with van der Waals surface area (Å²) in [6.45, 7) is 3.18. The molecule has 0 spiro atoms. The SMILES string of the molecule is CN=C(NCCc1ccc(OC)c(OC)c1)NC1CCN(C2CCCC2)C1. The van der Waals surface area contributed by atoms with Gasteiger partial charge in [-0.05, 0) is 43.4 Å². The molecule has 27 heavy (non-hydrogen) atoms. The predicted octanol–water partition coefficient (Wildman–Crippen LogP) is 2.43. The summed E-state index contributed by atoms with van der Waals surface area (Å²) in [7, 11) is 5.17. The van der Waals surface area contributed by atoms with Crippen molar-refractivity contribution in [3.05, 3.63) is 23.8 Å². The number of ether oxygens (including phenoxy) is 2. The molecule has 150 valence electrons. The van der Waals surface area contributed by atoms with E-state index in [1.165, 1.54) is 44.2 Å². The minimum Gasteiger partial charge on any atom is -0.493 e. The number of hydrogen-bond donors (Lipinski definition) is 2. The molecule has 1 heterocycles. The van der Waals surface area contributed by atoms with Gasteiger partial charge in [-0.25, -0.2) is 0 Å². The molecule has 1 unspecified atom stereocenters. The second-order valence-electron chi connectivity index (χ2n) is 7.50. The number of benzene rings is 1. The highest BCUT2D eigenvalue weighted by Gasteiger charge is 2.30. The van der Waals surface area contributed by atoms with Crippen molar-refractivity contribution >= 4 is 5.96 Å². The van der Waals surface area contributed by atoms with Crippen LogP contribution < -0.4 is 20.1 Å². The van der Waals surface area contributed by atoms with Gasteiger partial charge in [0.15, 0.2) is 17.5 Å². The largest absolute Gasteiger partial charge is 0.493 e. The summed E-state index contributed by atoms with van der Waals surface area (Å²) in [5.74, 6) is 2.43. The van der Waals surface area contributed by atoms with Crippen LogP contribution in [0.3, 0.4) is 0 Å². The normalized spacial score (nSPS) is 21.4. The van der Waals surface area contributed by atoms with Crippen LogP contribution in [0.4, 0.5) is 0 Å². The highest BCUT2D eigenvalue weighted by atomic mass is 16.5. The maximum Gasteiger partial charge on any atom is 0.191 e. The van der Waals surface area contributed by atoms with Crippen LogP contribution in [0, 0.1) is 0 Å². The van der Waals surface area contributed by atoms with Crippen molar-refractivity contribution in [2.45, 2.75) is 50.6 Å². The summed E-state index contributed by atoms with van der Waals surface area (Å²) < 4.78 is 10.7. The molecule has 2 aliphatic rings. The molecule has 0 radical (unpaired) electrons. The molecule has 1 aromatic rings. The zero-order chi connectivity index (χ0) is 19.1. The fourth-order valence-electron chi connectivity index (χ4n) is 4.26. The van der Waals surface area contributed by atoms with Crippen molar-refractivity contribution in [3.8, 4) is 11.5 Å². The Labute approximate surface area is 163 Å². The van der Waals surface area contributed by atoms with Gasteiger partial charge in [0.2, 0.25) is 0 Å². The van der Waals surface area contributed by atoms with Crippen LogP contribution in [0.15, 0.2) is 23.2 Å². The second kappa shape index (κ2) is 9.83. The van der Waals surface area contributed by atoms with E-state index in [0.29, 0.717) is 6.04 Å². The molecular formula is C21H34N4O2. The molecule has 1 aromatic carbocycles. The Kier molecular flexibility index (Phi) is 7.21. The summed E-state index contributed by atoms with van der Waals surface area (Å²) in [5.41, 5.74) is 1.21. The van der Waals surface area contributed by atoms with Gasteiger partial charge in [-0.1, -0.05) is 18.9 Å². The highest BCUT2D eigenvalue weighted by Crippen LogP contribution is 2.28. The first kappa shape index (κ1) is 19.8. The van der Waals surface area contributed by atoms with E-state index in [2.05, 4.69) is 26.6 Å². The molecule has 0 aromatic heterocycles. The van der Waals surface area contributed by atoms with Gasteiger partial charge in [0, 0.05) is 38.8 Å². The van der Waals surface area contributed by atoms with Gasteiger partial charge < -0.3 is 20.1 Å². The number of methoxy groups -OCH3 is 2. The van der Waals surface area contributed by atoms with Crippen molar-refractivity contribution in [2.75, 3.05) is 40.9 Å². The molecule has 2 N–H and O–H groups in total. The number of guanidine groups is 1. The van der Waals surface area contributed by atoms with Gasteiger partial charge in [-0.2, -0.15) is 0 Å². The van der Waals surface area contributed by atoms with Crippen molar-refractivity contribution in [1.29, 1.82) is 0 Å². The fourth-order valence-corrected chi connectivity index (χ4v) is 4.26. The first-order chi connectivity index (χ1) is 13.2. The fraction of sp³-hybridized carbons (Fsp3) is 0.667. The number of aliphatic imine (C=N–C) groups is 1. The van der Waals surface area contributed by atoms with Crippen molar-refractivity contribution in [3.63, 3.8) is 0 Å². The zero-order valence-electron chi connectivity index (χ0n) is 17.0. The van der Waals surface area contributed by atoms with Gasteiger partial charge in [0.05, 0.1) is 14.2 Å².